The number of nitrogens with zero attached hydrogens (tertiary/aromatic N) is 1. The molecule has 0 atom stereocenters. The average molecular weight is 209 g/mol. The SMILES string of the molecule is C1=CCC2=C3CNCCC3=NC2=C1.Cl. The lowest BCUT2D eigenvalue weighted by Gasteiger charge is -2.16. The Morgan fingerprint density at radius 3 is 3.14 bits per heavy atom. The van der Waals surface area contributed by atoms with Gasteiger partial charge in [-0.25, -0.2) is 0 Å². The molecular weight excluding hydrogens is 196 g/mol. The molecule has 1 N–H and O–H groups in total. The van der Waals surface area contributed by atoms with Crippen molar-refractivity contribution < 1.29 is 0 Å². The van der Waals surface area contributed by atoms with E-state index in [-0.39, 0.29) is 12.4 Å². The smallest absolute Gasteiger partial charge is 0.0672 e. The number of hydrogen-bond acceptors (Lipinski definition) is 2. The largest absolute Gasteiger partial charge is 0.312 e. The molecule has 3 heteroatoms. The van der Waals surface area contributed by atoms with E-state index < -0.39 is 0 Å². The Morgan fingerprint density at radius 2 is 2.21 bits per heavy atom. The number of nitrogens with one attached hydrogen (secondary N) is 1. The van der Waals surface area contributed by atoms with Crippen molar-refractivity contribution in [1.29, 1.82) is 0 Å². The minimum absolute atomic E-state index is 0. The zero-order chi connectivity index (χ0) is 8.67. The van der Waals surface area contributed by atoms with Crippen LogP contribution in [0, 0.1) is 0 Å². The molecule has 2 nitrogen and oxygen atoms in total. The summed E-state index contributed by atoms with van der Waals surface area (Å²) >= 11 is 0. The molecule has 2 aliphatic heterocycles. The van der Waals surface area contributed by atoms with Crippen LogP contribution in [0.1, 0.15) is 12.8 Å². The van der Waals surface area contributed by atoms with E-state index in [0.717, 1.165) is 25.9 Å². The standard InChI is InChI=1S/C11H12N2.ClH/c1-2-4-10-8(3-1)9-7-12-6-5-11(9)13-10;/h1-2,4,12H,3,5-7H2;1H. The predicted octanol–water partition coefficient (Wildman–Crippen LogP) is 2.00. The summed E-state index contributed by atoms with van der Waals surface area (Å²) in [5.74, 6) is 0. The van der Waals surface area contributed by atoms with Gasteiger partial charge in [0.2, 0.25) is 0 Å². The lowest BCUT2D eigenvalue weighted by atomic mass is 9.96. The molecule has 0 aromatic rings. The first-order chi connectivity index (χ1) is 6.45. The maximum atomic E-state index is 4.64. The molecule has 0 amide bonds. The van der Waals surface area contributed by atoms with Crippen LogP contribution in [0.3, 0.4) is 0 Å². The molecule has 0 aromatic heterocycles. The molecule has 2 heterocycles. The van der Waals surface area contributed by atoms with E-state index in [1.807, 2.05) is 0 Å². The Morgan fingerprint density at radius 1 is 1.29 bits per heavy atom. The van der Waals surface area contributed by atoms with Gasteiger partial charge in [-0.05, 0) is 23.6 Å². The fourth-order valence-corrected chi connectivity index (χ4v) is 2.16. The van der Waals surface area contributed by atoms with Crippen LogP contribution >= 0.6 is 12.4 Å². The lowest BCUT2D eigenvalue weighted by Crippen LogP contribution is -2.29. The number of allylic oxidation sites excluding steroid dienone is 4. The Hall–Kier alpha value is -0.860. The molecule has 0 unspecified atom stereocenters. The molecular formula is C11H13ClN2. The van der Waals surface area contributed by atoms with Crippen LogP contribution in [0.25, 0.3) is 0 Å². The summed E-state index contributed by atoms with van der Waals surface area (Å²) in [6.45, 7) is 2.09. The van der Waals surface area contributed by atoms with E-state index in [0.29, 0.717) is 0 Å². The first-order valence-electron chi connectivity index (χ1n) is 4.83. The third-order valence-corrected chi connectivity index (χ3v) is 2.83. The van der Waals surface area contributed by atoms with Gasteiger partial charge in [0.25, 0.3) is 0 Å². The number of fused-ring (bicyclic) bond motifs is 2. The molecule has 3 aliphatic rings. The molecule has 0 aromatic carbocycles. The van der Waals surface area contributed by atoms with Gasteiger partial charge in [0.15, 0.2) is 0 Å². The summed E-state index contributed by atoms with van der Waals surface area (Å²) < 4.78 is 0. The Labute approximate surface area is 89.9 Å². The fourth-order valence-electron chi connectivity index (χ4n) is 2.16. The molecule has 1 saturated heterocycles. The number of aliphatic imine (C=N–C) groups is 1. The maximum Gasteiger partial charge on any atom is 0.0672 e. The van der Waals surface area contributed by atoms with Gasteiger partial charge in [0, 0.05) is 25.2 Å². The summed E-state index contributed by atoms with van der Waals surface area (Å²) in [7, 11) is 0. The molecule has 0 spiro atoms. The summed E-state index contributed by atoms with van der Waals surface area (Å²) in [6.07, 6.45) is 8.59. The van der Waals surface area contributed by atoms with Gasteiger partial charge < -0.3 is 5.32 Å². The van der Waals surface area contributed by atoms with Gasteiger partial charge in [-0.3, -0.25) is 4.99 Å². The molecule has 0 saturated carbocycles. The summed E-state index contributed by atoms with van der Waals surface area (Å²) in [5, 5.41) is 3.40. The highest BCUT2D eigenvalue weighted by Crippen LogP contribution is 2.32. The topological polar surface area (TPSA) is 24.4 Å². The monoisotopic (exact) mass is 208 g/mol. The predicted molar refractivity (Wildman–Crippen MR) is 61.0 cm³/mol. The van der Waals surface area contributed by atoms with Gasteiger partial charge in [0.1, 0.15) is 0 Å². The van der Waals surface area contributed by atoms with E-state index in [9.17, 15) is 0 Å². The zero-order valence-electron chi connectivity index (χ0n) is 7.92. The fraction of sp³-hybridized carbons (Fsp3) is 0.364. The Kier molecular flexibility index (Phi) is 2.57. The van der Waals surface area contributed by atoms with E-state index >= 15 is 0 Å². The van der Waals surface area contributed by atoms with Crippen molar-refractivity contribution in [2.75, 3.05) is 13.1 Å². The maximum absolute atomic E-state index is 4.64. The number of halogens is 1. The number of piperidine rings is 1. The van der Waals surface area contributed by atoms with E-state index in [1.54, 1.807) is 0 Å². The van der Waals surface area contributed by atoms with Crippen LogP contribution in [0.15, 0.2) is 40.1 Å². The minimum Gasteiger partial charge on any atom is -0.312 e. The molecule has 0 bridgehead atoms. The quantitative estimate of drug-likeness (QED) is 0.647. The first kappa shape index (κ1) is 9.69. The highest BCUT2D eigenvalue weighted by Gasteiger charge is 2.25. The second-order valence-electron chi connectivity index (χ2n) is 3.63. The Balaban J connectivity index is 0.000000750. The molecule has 1 aliphatic carbocycles. The highest BCUT2D eigenvalue weighted by molar-refractivity contribution is 6.06. The molecule has 0 radical (unpaired) electrons. The summed E-state index contributed by atoms with van der Waals surface area (Å²) in [6, 6.07) is 0. The van der Waals surface area contributed by atoms with Gasteiger partial charge >= 0.3 is 0 Å². The van der Waals surface area contributed by atoms with Crippen LogP contribution in [-0.4, -0.2) is 18.8 Å². The average Bonchev–Trinajstić information content (AvgIpc) is 2.56. The highest BCUT2D eigenvalue weighted by atomic mass is 35.5. The molecule has 3 rings (SSSR count). The molecule has 1 fully saturated rings. The summed E-state index contributed by atoms with van der Waals surface area (Å²) in [4.78, 5) is 4.64. The van der Waals surface area contributed by atoms with Crippen LogP contribution in [0.5, 0.6) is 0 Å². The molecule has 74 valence electrons. The van der Waals surface area contributed by atoms with Crippen molar-refractivity contribution in [3.8, 4) is 0 Å². The van der Waals surface area contributed by atoms with Crippen LogP contribution in [0.2, 0.25) is 0 Å². The lowest BCUT2D eigenvalue weighted by molar-refractivity contribution is 0.730. The summed E-state index contributed by atoms with van der Waals surface area (Å²) in [5.41, 5.74) is 5.44. The van der Waals surface area contributed by atoms with Crippen LogP contribution in [0.4, 0.5) is 0 Å². The van der Waals surface area contributed by atoms with Gasteiger partial charge in [-0.1, -0.05) is 12.2 Å². The van der Waals surface area contributed by atoms with Crippen LogP contribution < -0.4 is 5.32 Å². The van der Waals surface area contributed by atoms with Crippen molar-refractivity contribution in [1.82, 2.24) is 5.32 Å². The van der Waals surface area contributed by atoms with Crippen LogP contribution in [-0.2, 0) is 0 Å². The number of rotatable bonds is 0. The third-order valence-electron chi connectivity index (χ3n) is 2.83. The van der Waals surface area contributed by atoms with E-state index in [2.05, 4.69) is 28.5 Å². The molecule has 14 heavy (non-hydrogen) atoms. The van der Waals surface area contributed by atoms with Crippen molar-refractivity contribution in [3.63, 3.8) is 0 Å². The van der Waals surface area contributed by atoms with E-state index in [1.165, 1.54) is 22.6 Å². The van der Waals surface area contributed by atoms with Crippen molar-refractivity contribution in [2.45, 2.75) is 12.8 Å². The Bertz CT molecular complexity index is 375. The normalized spacial score (nSPS) is 23.4. The van der Waals surface area contributed by atoms with Gasteiger partial charge in [-0.2, -0.15) is 0 Å². The van der Waals surface area contributed by atoms with E-state index in [4.69, 9.17) is 0 Å². The zero-order valence-corrected chi connectivity index (χ0v) is 8.73. The second-order valence-corrected chi connectivity index (χ2v) is 3.63. The van der Waals surface area contributed by atoms with Crippen molar-refractivity contribution in [2.24, 2.45) is 4.99 Å². The van der Waals surface area contributed by atoms with Gasteiger partial charge in [0.05, 0.1) is 5.70 Å². The first-order valence-corrected chi connectivity index (χ1v) is 4.83. The second kappa shape index (κ2) is 3.71. The minimum atomic E-state index is 0. The van der Waals surface area contributed by atoms with Crippen molar-refractivity contribution in [3.05, 3.63) is 35.1 Å². The number of hydrogen-bond donors (Lipinski definition) is 1. The van der Waals surface area contributed by atoms with Gasteiger partial charge in [-0.15, -0.1) is 12.4 Å². The van der Waals surface area contributed by atoms with Crippen molar-refractivity contribution >= 4 is 18.1 Å². The third kappa shape index (κ3) is 1.35.